The normalized spacial score (nSPS) is 25.7. The van der Waals surface area contributed by atoms with E-state index >= 15 is 0 Å². The van der Waals surface area contributed by atoms with Crippen molar-refractivity contribution in [2.75, 3.05) is 39.4 Å². The number of benzene rings is 2. The molecule has 2 fully saturated rings. The molecule has 2 aliphatic heterocycles. The van der Waals surface area contributed by atoms with E-state index in [1.54, 1.807) is 12.1 Å². The lowest BCUT2D eigenvalue weighted by Gasteiger charge is -2.50. The van der Waals surface area contributed by atoms with Crippen LogP contribution in [0.5, 0.6) is 0 Å². The minimum absolute atomic E-state index is 0.0380. The maximum absolute atomic E-state index is 13.5. The number of rotatable bonds is 4. The SMILES string of the molecule is O=C(Cc1cccc(F)c1)N1CC[C@](O)(c2ccccc2)[C@H](N2CCOCC2)C1. The fraction of sp³-hybridized carbons (Fsp3) is 0.435. The van der Waals surface area contributed by atoms with E-state index in [2.05, 4.69) is 4.90 Å². The van der Waals surface area contributed by atoms with Gasteiger partial charge in [0.15, 0.2) is 0 Å². The van der Waals surface area contributed by atoms with Crippen molar-refractivity contribution in [1.82, 2.24) is 9.80 Å². The summed E-state index contributed by atoms with van der Waals surface area (Å²) in [5.41, 5.74) is 0.532. The van der Waals surface area contributed by atoms with Gasteiger partial charge in [0.1, 0.15) is 11.4 Å². The van der Waals surface area contributed by atoms with E-state index < -0.39 is 5.60 Å². The van der Waals surface area contributed by atoms with Crippen LogP contribution in [0.4, 0.5) is 4.39 Å². The third-order valence-corrected chi connectivity index (χ3v) is 6.06. The van der Waals surface area contributed by atoms with Crippen LogP contribution in [-0.4, -0.2) is 66.2 Å². The highest BCUT2D eigenvalue weighted by Gasteiger charge is 2.46. The molecule has 4 rings (SSSR count). The van der Waals surface area contributed by atoms with E-state index in [4.69, 9.17) is 4.74 Å². The van der Waals surface area contributed by atoms with E-state index in [1.807, 2.05) is 35.2 Å². The Morgan fingerprint density at radius 2 is 1.86 bits per heavy atom. The van der Waals surface area contributed by atoms with Gasteiger partial charge < -0.3 is 14.7 Å². The second-order valence-electron chi connectivity index (χ2n) is 7.85. The summed E-state index contributed by atoms with van der Waals surface area (Å²) in [7, 11) is 0. The predicted octanol–water partition coefficient (Wildman–Crippen LogP) is 2.19. The lowest BCUT2D eigenvalue weighted by Crippen LogP contribution is -2.63. The Hall–Kier alpha value is -2.28. The number of halogens is 1. The largest absolute Gasteiger partial charge is 0.383 e. The Morgan fingerprint density at radius 3 is 2.59 bits per heavy atom. The molecule has 1 amide bonds. The monoisotopic (exact) mass is 398 g/mol. The van der Waals surface area contributed by atoms with Crippen molar-refractivity contribution in [3.8, 4) is 0 Å². The third-order valence-electron chi connectivity index (χ3n) is 6.06. The van der Waals surface area contributed by atoms with Gasteiger partial charge in [-0.2, -0.15) is 0 Å². The number of carbonyl (C=O) groups is 1. The number of piperidine rings is 1. The summed E-state index contributed by atoms with van der Waals surface area (Å²) in [6, 6.07) is 15.7. The number of ether oxygens (including phenoxy) is 1. The fourth-order valence-corrected chi connectivity index (χ4v) is 4.45. The molecule has 0 radical (unpaired) electrons. The topological polar surface area (TPSA) is 53.0 Å². The molecule has 0 aliphatic carbocycles. The van der Waals surface area contributed by atoms with Crippen LogP contribution < -0.4 is 0 Å². The Bertz CT molecular complexity index is 841. The first-order chi connectivity index (χ1) is 14.1. The van der Waals surface area contributed by atoms with Crippen LogP contribution in [0.2, 0.25) is 0 Å². The summed E-state index contributed by atoms with van der Waals surface area (Å²) in [5.74, 6) is -0.373. The van der Waals surface area contributed by atoms with E-state index in [1.165, 1.54) is 12.1 Å². The van der Waals surface area contributed by atoms with Gasteiger partial charge in [-0.25, -0.2) is 4.39 Å². The van der Waals surface area contributed by atoms with E-state index in [0.29, 0.717) is 38.3 Å². The summed E-state index contributed by atoms with van der Waals surface area (Å²) in [5, 5.41) is 11.7. The van der Waals surface area contributed by atoms with Gasteiger partial charge in [-0.1, -0.05) is 42.5 Å². The molecule has 6 heteroatoms. The van der Waals surface area contributed by atoms with Crippen molar-refractivity contribution in [3.05, 3.63) is 71.5 Å². The first-order valence-corrected chi connectivity index (χ1v) is 10.2. The number of likely N-dealkylation sites (tertiary alicyclic amines) is 1. The molecular formula is C23H27FN2O3. The third kappa shape index (κ3) is 4.34. The first-order valence-electron chi connectivity index (χ1n) is 10.2. The summed E-state index contributed by atoms with van der Waals surface area (Å²) < 4.78 is 19.0. The highest BCUT2D eigenvalue weighted by atomic mass is 19.1. The standard InChI is InChI=1S/C23H27FN2O3/c24-20-8-4-5-18(15-20)16-22(27)26-10-9-23(28,19-6-2-1-3-7-19)21(17-26)25-11-13-29-14-12-25/h1-8,15,21,28H,9-14,16-17H2/t21-,23+/m1/s1. The average molecular weight is 398 g/mol. The highest BCUT2D eigenvalue weighted by molar-refractivity contribution is 5.79. The molecule has 1 N–H and O–H groups in total. The van der Waals surface area contributed by atoms with E-state index in [-0.39, 0.29) is 24.2 Å². The van der Waals surface area contributed by atoms with Crippen molar-refractivity contribution in [3.63, 3.8) is 0 Å². The number of aliphatic hydroxyl groups is 1. The lowest BCUT2D eigenvalue weighted by atomic mass is 9.79. The molecular weight excluding hydrogens is 371 g/mol. The van der Waals surface area contributed by atoms with Crippen molar-refractivity contribution < 1.29 is 19.0 Å². The van der Waals surface area contributed by atoms with Crippen LogP contribution in [0.3, 0.4) is 0 Å². The molecule has 0 bridgehead atoms. The van der Waals surface area contributed by atoms with Crippen LogP contribution in [0.25, 0.3) is 0 Å². The second-order valence-corrected chi connectivity index (χ2v) is 7.85. The van der Waals surface area contributed by atoms with Crippen molar-refractivity contribution in [2.45, 2.75) is 24.5 Å². The van der Waals surface area contributed by atoms with Gasteiger partial charge in [-0.05, 0) is 29.7 Å². The Balaban J connectivity index is 1.55. The van der Waals surface area contributed by atoms with Crippen LogP contribution >= 0.6 is 0 Å². The van der Waals surface area contributed by atoms with Crippen molar-refractivity contribution >= 4 is 5.91 Å². The van der Waals surface area contributed by atoms with Gasteiger partial charge in [-0.15, -0.1) is 0 Å². The zero-order chi connectivity index (χ0) is 20.3. The van der Waals surface area contributed by atoms with Crippen LogP contribution in [0, 0.1) is 5.82 Å². The molecule has 0 unspecified atom stereocenters. The number of hydrogen-bond donors (Lipinski definition) is 1. The van der Waals surface area contributed by atoms with Gasteiger partial charge in [0.05, 0.1) is 25.7 Å². The molecule has 2 atom stereocenters. The molecule has 29 heavy (non-hydrogen) atoms. The smallest absolute Gasteiger partial charge is 0.227 e. The summed E-state index contributed by atoms with van der Waals surface area (Å²) in [6.07, 6.45) is 0.630. The first kappa shape index (κ1) is 20.0. The zero-order valence-corrected chi connectivity index (χ0v) is 16.5. The number of morpholine rings is 1. The molecule has 0 aromatic heterocycles. The molecule has 2 aliphatic rings. The molecule has 2 aromatic rings. The summed E-state index contributed by atoms with van der Waals surface area (Å²) in [4.78, 5) is 17.0. The van der Waals surface area contributed by atoms with E-state index in [9.17, 15) is 14.3 Å². The molecule has 2 saturated heterocycles. The number of hydrogen-bond acceptors (Lipinski definition) is 4. The summed E-state index contributed by atoms with van der Waals surface area (Å²) in [6.45, 7) is 3.62. The fourth-order valence-electron chi connectivity index (χ4n) is 4.45. The molecule has 0 saturated carbocycles. The van der Waals surface area contributed by atoms with Gasteiger partial charge in [-0.3, -0.25) is 9.69 Å². The zero-order valence-electron chi connectivity index (χ0n) is 16.5. The van der Waals surface area contributed by atoms with Crippen LogP contribution in [0.1, 0.15) is 17.5 Å². The van der Waals surface area contributed by atoms with Crippen LogP contribution in [-0.2, 0) is 21.6 Å². The van der Waals surface area contributed by atoms with Gasteiger partial charge in [0, 0.05) is 26.2 Å². The highest BCUT2D eigenvalue weighted by Crippen LogP contribution is 2.36. The van der Waals surface area contributed by atoms with Gasteiger partial charge in [0.25, 0.3) is 0 Å². The maximum Gasteiger partial charge on any atom is 0.227 e. The maximum atomic E-state index is 13.5. The second kappa shape index (κ2) is 8.61. The molecule has 5 nitrogen and oxygen atoms in total. The minimum Gasteiger partial charge on any atom is -0.383 e. The minimum atomic E-state index is -1.02. The Kier molecular flexibility index (Phi) is 5.94. The van der Waals surface area contributed by atoms with Crippen LogP contribution in [0.15, 0.2) is 54.6 Å². The molecule has 2 heterocycles. The molecule has 0 spiro atoms. The predicted molar refractivity (Wildman–Crippen MR) is 108 cm³/mol. The lowest BCUT2D eigenvalue weighted by molar-refractivity contribution is -0.147. The average Bonchev–Trinajstić information content (AvgIpc) is 2.75. The van der Waals surface area contributed by atoms with Gasteiger partial charge in [0.2, 0.25) is 5.91 Å². The summed E-state index contributed by atoms with van der Waals surface area (Å²) >= 11 is 0. The molecule has 154 valence electrons. The Morgan fingerprint density at radius 1 is 1.10 bits per heavy atom. The van der Waals surface area contributed by atoms with Gasteiger partial charge >= 0.3 is 0 Å². The van der Waals surface area contributed by atoms with Crippen molar-refractivity contribution in [1.29, 1.82) is 0 Å². The number of amides is 1. The Labute approximate surface area is 170 Å². The number of nitrogens with zero attached hydrogens (tertiary/aromatic N) is 2. The molecule has 2 aromatic carbocycles. The van der Waals surface area contributed by atoms with E-state index in [0.717, 1.165) is 18.7 Å². The quantitative estimate of drug-likeness (QED) is 0.858. The number of carbonyl (C=O) groups excluding carboxylic acids is 1. The van der Waals surface area contributed by atoms with Crippen molar-refractivity contribution in [2.24, 2.45) is 0 Å².